The zero-order valence-corrected chi connectivity index (χ0v) is 13.7. The molecule has 20 heavy (non-hydrogen) atoms. The predicted octanol–water partition coefficient (Wildman–Crippen LogP) is 4.00. The van der Waals surface area contributed by atoms with Crippen molar-refractivity contribution in [2.45, 2.75) is 45.0 Å². The van der Waals surface area contributed by atoms with Crippen LogP contribution >= 0.6 is 0 Å². The molecule has 0 saturated heterocycles. The summed E-state index contributed by atoms with van der Waals surface area (Å²) in [7, 11) is -1.99. The fraction of sp³-hybridized carbons (Fsp3) is 0.533. The van der Waals surface area contributed by atoms with Gasteiger partial charge in [0.1, 0.15) is 0 Å². The van der Waals surface area contributed by atoms with E-state index >= 15 is 0 Å². The van der Waals surface area contributed by atoms with Crippen molar-refractivity contribution < 1.29 is 13.9 Å². The van der Waals surface area contributed by atoms with E-state index in [1.54, 1.807) is 0 Å². The minimum Gasteiger partial charge on any atom is -0.454 e. The number of nitriles is 1. The van der Waals surface area contributed by atoms with Gasteiger partial charge in [0.25, 0.3) is 0 Å². The van der Waals surface area contributed by atoms with Gasteiger partial charge in [0.05, 0.1) is 6.07 Å². The van der Waals surface area contributed by atoms with E-state index in [4.69, 9.17) is 13.9 Å². The van der Waals surface area contributed by atoms with Crippen molar-refractivity contribution in [2.24, 2.45) is 0 Å². The van der Waals surface area contributed by atoms with Gasteiger partial charge in [-0.3, -0.25) is 0 Å². The summed E-state index contributed by atoms with van der Waals surface area (Å²) in [5.41, 5.74) is 0.821. The molecule has 1 aliphatic rings. The molecule has 1 aliphatic heterocycles. The maximum absolute atomic E-state index is 9.43. The highest BCUT2D eigenvalue weighted by atomic mass is 28.4. The van der Waals surface area contributed by atoms with Gasteiger partial charge < -0.3 is 13.9 Å². The monoisotopic (exact) mass is 291 g/mol. The molecule has 2 rings (SSSR count). The summed E-state index contributed by atoms with van der Waals surface area (Å²) in [6.07, 6.45) is -0.564. The van der Waals surface area contributed by atoms with Crippen molar-refractivity contribution >= 4 is 8.32 Å². The van der Waals surface area contributed by atoms with Crippen LogP contribution in [0.1, 0.15) is 32.4 Å². The van der Waals surface area contributed by atoms with Crippen LogP contribution in [0, 0.1) is 11.3 Å². The Hall–Kier alpha value is -1.51. The Kier molecular flexibility index (Phi) is 3.81. The van der Waals surface area contributed by atoms with Gasteiger partial charge in [-0.1, -0.05) is 26.8 Å². The van der Waals surface area contributed by atoms with Crippen molar-refractivity contribution in [3.63, 3.8) is 0 Å². The molecule has 4 nitrogen and oxygen atoms in total. The predicted molar refractivity (Wildman–Crippen MR) is 79.2 cm³/mol. The van der Waals surface area contributed by atoms with Crippen LogP contribution in [0.3, 0.4) is 0 Å². The highest BCUT2D eigenvalue weighted by molar-refractivity contribution is 6.74. The normalized spacial score (nSPS) is 15.8. The number of rotatable bonds is 3. The highest BCUT2D eigenvalue weighted by Crippen LogP contribution is 2.41. The van der Waals surface area contributed by atoms with Crippen LogP contribution in [0.4, 0.5) is 0 Å². The Morgan fingerprint density at radius 3 is 2.50 bits per heavy atom. The molecule has 5 heteroatoms. The largest absolute Gasteiger partial charge is 0.454 e. The van der Waals surface area contributed by atoms with Gasteiger partial charge in [-0.15, -0.1) is 0 Å². The van der Waals surface area contributed by atoms with E-state index in [9.17, 15) is 5.26 Å². The SMILES string of the molecule is CC(C)(C)[Si](C)(C)OC(C#N)c1ccc2c(c1)OCO2. The Morgan fingerprint density at radius 2 is 1.90 bits per heavy atom. The van der Waals surface area contributed by atoms with Crippen molar-refractivity contribution in [1.82, 2.24) is 0 Å². The first kappa shape index (κ1) is 14.9. The molecule has 0 saturated carbocycles. The average Bonchev–Trinajstić information content (AvgIpc) is 2.81. The number of hydrogen-bond donors (Lipinski definition) is 0. The lowest BCUT2D eigenvalue weighted by atomic mass is 10.1. The second-order valence-electron chi connectivity index (χ2n) is 6.50. The molecule has 0 spiro atoms. The van der Waals surface area contributed by atoms with E-state index in [1.165, 1.54) is 0 Å². The molecule has 0 aromatic heterocycles. The topological polar surface area (TPSA) is 51.5 Å². The lowest BCUT2D eigenvalue weighted by molar-refractivity contribution is 0.173. The molecule has 0 bridgehead atoms. The van der Waals surface area contributed by atoms with Gasteiger partial charge >= 0.3 is 0 Å². The van der Waals surface area contributed by atoms with Crippen LogP contribution in [0.25, 0.3) is 0 Å². The van der Waals surface area contributed by atoms with Crippen LogP contribution < -0.4 is 9.47 Å². The number of benzene rings is 1. The van der Waals surface area contributed by atoms with E-state index in [-0.39, 0.29) is 11.8 Å². The Bertz CT molecular complexity index is 543. The first-order valence-electron chi connectivity index (χ1n) is 6.71. The number of fused-ring (bicyclic) bond motifs is 1. The number of hydrogen-bond acceptors (Lipinski definition) is 4. The maximum atomic E-state index is 9.43. The lowest BCUT2D eigenvalue weighted by Gasteiger charge is -2.37. The van der Waals surface area contributed by atoms with E-state index in [2.05, 4.69) is 39.9 Å². The first-order valence-corrected chi connectivity index (χ1v) is 9.62. The van der Waals surface area contributed by atoms with Crippen LogP contribution in [0.2, 0.25) is 18.1 Å². The molecule has 0 N–H and O–H groups in total. The fourth-order valence-electron chi connectivity index (χ4n) is 1.72. The molecule has 0 aliphatic carbocycles. The number of nitrogens with zero attached hydrogens (tertiary/aromatic N) is 1. The van der Waals surface area contributed by atoms with Gasteiger partial charge in [-0.25, -0.2) is 0 Å². The molecule has 0 fully saturated rings. The summed E-state index contributed by atoms with van der Waals surface area (Å²) in [5.74, 6) is 1.40. The molecule has 1 heterocycles. The van der Waals surface area contributed by atoms with Gasteiger partial charge in [-0.2, -0.15) is 5.26 Å². The van der Waals surface area contributed by atoms with Gasteiger partial charge in [0.15, 0.2) is 25.9 Å². The van der Waals surface area contributed by atoms with Crippen molar-refractivity contribution in [1.29, 1.82) is 5.26 Å². The third-order valence-electron chi connectivity index (χ3n) is 4.04. The van der Waals surface area contributed by atoms with Crippen LogP contribution in [-0.4, -0.2) is 15.1 Å². The Morgan fingerprint density at radius 1 is 1.25 bits per heavy atom. The van der Waals surface area contributed by atoms with Gasteiger partial charge in [-0.05, 0) is 35.8 Å². The van der Waals surface area contributed by atoms with Crippen LogP contribution in [0.15, 0.2) is 18.2 Å². The maximum Gasteiger partial charge on any atom is 0.231 e. The van der Waals surface area contributed by atoms with Crippen molar-refractivity contribution in [3.8, 4) is 17.6 Å². The van der Waals surface area contributed by atoms with Gasteiger partial charge in [0, 0.05) is 0 Å². The van der Waals surface area contributed by atoms with E-state index < -0.39 is 14.4 Å². The molecule has 108 valence electrons. The third kappa shape index (κ3) is 2.81. The van der Waals surface area contributed by atoms with Crippen molar-refractivity contribution in [3.05, 3.63) is 23.8 Å². The lowest BCUT2D eigenvalue weighted by Crippen LogP contribution is -2.41. The Labute approximate surface area is 121 Å². The van der Waals surface area contributed by atoms with E-state index in [0.717, 1.165) is 11.3 Å². The Balaban J connectivity index is 2.24. The summed E-state index contributed by atoms with van der Waals surface area (Å²) in [6.45, 7) is 11.0. The quantitative estimate of drug-likeness (QED) is 0.790. The molecule has 0 radical (unpaired) electrons. The summed E-state index contributed by atoms with van der Waals surface area (Å²) < 4.78 is 16.8. The molecular weight excluding hydrogens is 270 g/mol. The minimum absolute atomic E-state index is 0.0679. The fourth-order valence-corrected chi connectivity index (χ4v) is 2.85. The van der Waals surface area contributed by atoms with Crippen molar-refractivity contribution in [2.75, 3.05) is 6.79 Å². The van der Waals surface area contributed by atoms with Gasteiger partial charge in [0.2, 0.25) is 6.79 Å². The first-order chi connectivity index (χ1) is 9.24. The van der Waals surface area contributed by atoms with Crippen LogP contribution in [0.5, 0.6) is 11.5 Å². The standard InChI is InChI=1S/C15H21NO3Si/c1-15(2,3)20(4,5)19-14(9-16)11-6-7-12-13(8-11)18-10-17-12/h6-8,14H,10H2,1-5H3. The summed E-state index contributed by atoms with van der Waals surface area (Å²) in [6, 6.07) is 7.79. The molecule has 1 unspecified atom stereocenters. The minimum atomic E-state index is -1.99. The zero-order valence-electron chi connectivity index (χ0n) is 12.7. The average molecular weight is 291 g/mol. The molecule has 1 atom stereocenters. The summed E-state index contributed by atoms with van der Waals surface area (Å²) in [5, 5.41) is 9.50. The molecule has 1 aromatic rings. The second-order valence-corrected chi connectivity index (χ2v) is 11.3. The molecular formula is C15H21NO3Si. The number of ether oxygens (including phenoxy) is 2. The third-order valence-corrected chi connectivity index (χ3v) is 8.47. The molecule has 1 aromatic carbocycles. The van der Waals surface area contributed by atoms with Crippen LogP contribution in [-0.2, 0) is 4.43 Å². The van der Waals surface area contributed by atoms with E-state index in [1.807, 2.05) is 18.2 Å². The highest BCUT2D eigenvalue weighted by Gasteiger charge is 2.39. The van der Waals surface area contributed by atoms with E-state index in [0.29, 0.717) is 5.75 Å². The zero-order chi connectivity index (χ0) is 15.0. The summed E-state index contributed by atoms with van der Waals surface area (Å²) in [4.78, 5) is 0. The smallest absolute Gasteiger partial charge is 0.231 e. The second kappa shape index (κ2) is 5.11. The summed E-state index contributed by atoms with van der Waals surface area (Å²) >= 11 is 0. The molecule has 0 amide bonds.